The number of likely N-dealkylation sites (N-methyl/N-ethyl adjacent to an activating group) is 1. The molecule has 62 valence electrons. The van der Waals surface area contributed by atoms with Gasteiger partial charge in [-0.25, -0.2) is 0 Å². The summed E-state index contributed by atoms with van der Waals surface area (Å²) in [6.45, 7) is 2.82. The molecule has 1 atom stereocenters. The van der Waals surface area contributed by atoms with E-state index in [1.807, 2.05) is 20.0 Å². The van der Waals surface area contributed by atoms with Gasteiger partial charge in [-0.3, -0.25) is 4.90 Å². The predicted molar refractivity (Wildman–Crippen MR) is 47.3 cm³/mol. The van der Waals surface area contributed by atoms with Crippen molar-refractivity contribution < 1.29 is 0 Å². The van der Waals surface area contributed by atoms with E-state index in [-0.39, 0.29) is 0 Å². The lowest BCUT2D eigenvalue weighted by Crippen LogP contribution is -2.28. The molecule has 0 aromatic heterocycles. The Morgan fingerprint density at radius 1 is 1.73 bits per heavy atom. The van der Waals surface area contributed by atoms with Crippen LogP contribution in [-0.4, -0.2) is 24.5 Å². The van der Waals surface area contributed by atoms with Crippen molar-refractivity contribution >= 4 is 11.6 Å². The van der Waals surface area contributed by atoms with E-state index in [0.717, 1.165) is 6.54 Å². The zero-order valence-electron chi connectivity index (χ0n) is 6.92. The van der Waals surface area contributed by atoms with Gasteiger partial charge in [0.2, 0.25) is 0 Å². The first-order chi connectivity index (χ1) is 5.22. The molecule has 0 aliphatic heterocycles. The standard InChI is InChI=1S/C8H13ClN2/c1-8(4-6-10)11(2)7-3-5-9/h3,5,8H,4,7H2,1-2H3. The summed E-state index contributed by atoms with van der Waals surface area (Å²) in [6.07, 6.45) is 2.42. The molecule has 0 bridgehead atoms. The van der Waals surface area contributed by atoms with Gasteiger partial charge in [-0.05, 0) is 14.0 Å². The summed E-state index contributed by atoms with van der Waals surface area (Å²) in [6, 6.07) is 2.42. The molecule has 0 rings (SSSR count). The summed E-state index contributed by atoms with van der Waals surface area (Å²) in [5.74, 6) is 0. The average molecular weight is 173 g/mol. The second-order valence-corrected chi connectivity index (χ2v) is 2.76. The van der Waals surface area contributed by atoms with Crippen molar-refractivity contribution in [1.29, 1.82) is 5.26 Å². The quantitative estimate of drug-likeness (QED) is 0.649. The van der Waals surface area contributed by atoms with Gasteiger partial charge in [0.05, 0.1) is 12.5 Å². The van der Waals surface area contributed by atoms with Crippen LogP contribution in [0.1, 0.15) is 13.3 Å². The fourth-order valence-electron chi connectivity index (χ4n) is 0.674. The van der Waals surface area contributed by atoms with E-state index in [9.17, 15) is 0 Å². The Balaban J connectivity index is 3.65. The van der Waals surface area contributed by atoms with Crippen LogP contribution in [0.3, 0.4) is 0 Å². The van der Waals surface area contributed by atoms with Gasteiger partial charge in [0, 0.05) is 18.1 Å². The maximum Gasteiger partial charge on any atom is 0.0638 e. The molecular formula is C8H13ClN2. The molecule has 0 amide bonds. The lowest BCUT2D eigenvalue weighted by molar-refractivity contribution is 0.288. The Hall–Kier alpha value is -0.520. The number of nitriles is 1. The first kappa shape index (κ1) is 10.5. The van der Waals surface area contributed by atoms with Crippen LogP contribution >= 0.6 is 11.6 Å². The van der Waals surface area contributed by atoms with Crippen LogP contribution in [0.15, 0.2) is 11.6 Å². The summed E-state index contributed by atoms with van der Waals surface area (Å²) in [4.78, 5) is 2.07. The molecule has 0 aromatic rings. The third-order valence-electron chi connectivity index (χ3n) is 1.62. The molecule has 0 heterocycles. The van der Waals surface area contributed by atoms with E-state index in [1.54, 1.807) is 0 Å². The first-order valence-corrected chi connectivity index (χ1v) is 3.98. The average Bonchev–Trinajstić information content (AvgIpc) is 2.00. The van der Waals surface area contributed by atoms with Crippen molar-refractivity contribution in [1.82, 2.24) is 4.90 Å². The molecule has 3 heteroatoms. The second-order valence-electron chi connectivity index (χ2n) is 2.51. The van der Waals surface area contributed by atoms with E-state index < -0.39 is 0 Å². The Bertz CT molecular complexity index is 160. The van der Waals surface area contributed by atoms with E-state index in [4.69, 9.17) is 16.9 Å². The van der Waals surface area contributed by atoms with Crippen molar-refractivity contribution in [3.05, 3.63) is 11.6 Å². The zero-order valence-corrected chi connectivity index (χ0v) is 7.67. The summed E-state index contributed by atoms with van der Waals surface area (Å²) >= 11 is 5.36. The van der Waals surface area contributed by atoms with Crippen molar-refractivity contribution in [3.63, 3.8) is 0 Å². The number of rotatable bonds is 4. The molecular weight excluding hydrogens is 160 g/mol. The number of hydrogen-bond acceptors (Lipinski definition) is 2. The molecule has 0 spiro atoms. The summed E-state index contributed by atoms with van der Waals surface area (Å²) in [5.41, 5.74) is 1.50. The second kappa shape index (κ2) is 6.21. The topological polar surface area (TPSA) is 27.0 Å². The fourth-order valence-corrected chi connectivity index (χ4v) is 0.754. The molecule has 1 unspecified atom stereocenters. The van der Waals surface area contributed by atoms with E-state index in [0.29, 0.717) is 12.5 Å². The molecule has 0 N–H and O–H groups in total. The van der Waals surface area contributed by atoms with Crippen LogP contribution in [0.5, 0.6) is 0 Å². The first-order valence-electron chi connectivity index (χ1n) is 3.54. The predicted octanol–water partition coefficient (Wildman–Crippen LogP) is 1.97. The van der Waals surface area contributed by atoms with Crippen molar-refractivity contribution in [2.45, 2.75) is 19.4 Å². The monoisotopic (exact) mass is 172 g/mol. The molecule has 2 nitrogen and oxygen atoms in total. The summed E-state index contributed by atoms with van der Waals surface area (Å²) in [5, 5.41) is 8.39. The third kappa shape index (κ3) is 4.83. The molecule has 0 fully saturated rings. The van der Waals surface area contributed by atoms with Gasteiger partial charge in [0.1, 0.15) is 0 Å². The minimum absolute atomic E-state index is 0.299. The Morgan fingerprint density at radius 3 is 2.82 bits per heavy atom. The minimum atomic E-state index is 0.299. The largest absolute Gasteiger partial charge is 0.299 e. The molecule has 11 heavy (non-hydrogen) atoms. The van der Waals surface area contributed by atoms with Gasteiger partial charge < -0.3 is 0 Å². The van der Waals surface area contributed by atoms with Crippen LogP contribution in [-0.2, 0) is 0 Å². The fraction of sp³-hybridized carbons (Fsp3) is 0.625. The van der Waals surface area contributed by atoms with Gasteiger partial charge in [-0.15, -0.1) is 0 Å². The van der Waals surface area contributed by atoms with Crippen LogP contribution in [0.25, 0.3) is 0 Å². The number of hydrogen-bond donors (Lipinski definition) is 0. The Labute approximate surface area is 73.1 Å². The van der Waals surface area contributed by atoms with Crippen LogP contribution in [0.2, 0.25) is 0 Å². The minimum Gasteiger partial charge on any atom is -0.299 e. The van der Waals surface area contributed by atoms with Gasteiger partial charge in [0.15, 0.2) is 0 Å². The summed E-state index contributed by atoms with van der Waals surface area (Å²) in [7, 11) is 1.97. The molecule has 0 saturated heterocycles. The lowest BCUT2D eigenvalue weighted by Gasteiger charge is -2.20. The molecule has 0 aliphatic carbocycles. The van der Waals surface area contributed by atoms with Crippen molar-refractivity contribution in [2.75, 3.05) is 13.6 Å². The van der Waals surface area contributed by atoms with Crippen LogP contribution in [0.4, 0.5) is 0 Å². The highest BCUT2D eigenvalue weighted by molar-refractivity contribution is 6.25. The Morgan fingerprint density at radius 2 is 2.36 bits per heavy atom. The van der Waals surface area contributed by atoms with Crippen LogP contribution < -0.4 is 0 Å². The van der Waals surface area contributed by atoms with Gasteiger partial charge in [-0.2, -0.15) is 5.26 Å². The van der Waals surface area contributed by atoms with Gasteiger partial charge >= 0.3 is 0 Å². The smallest absolute Gasteiger partial charge is 0.0638 e. The molecule has 0 aliphatic rings. The lowest BCUT2D eigenvalue weighted by atomic mass is 10.2. The maximum absolute atomic E-state index is 8.39. The van der Waals surface area contributed by atoms with Crippen molar-refractivity contribution in [2.24, 2.45) is 0 Å². The SMILES string of the molecule is CC(CC#N)N(C)CC=CCl. The van der Waals surface area contributed by atoms with E-state index >= 15 is 0 Å². The van der Waals surface area contributed by atoms with Crippen LogP contribution in [0, 0.1) is 11.3 Å². The van der Waals surface area contributed by atoms with Gasteiger partial charge in [0.25, 0.3) is 0 Å². The summed E-state index contributed by atoms with van der Waals surface area (Å²) < 4.78 is 0. The highest BCUT2D eigenvalue weighted by atomic mass is 35.5. The molecule has 0 saturated carbocycles. The number of nitrogens with zero attached hydrogens (tertiary/aromatic N) is 2. The molecule has 0 aromatic carbocycles. The number of halogens is 1. The zero-order chi connectivity index (χ0) is 8.69. The van der Waals surface area contributed by atoms with E-state index in [2.05, 4.69) is 11.0 Å². The Kier molecular flexibility index (Phi) is 5.91. The third-order valence-corrected chi connectivity index (χ3v) is 1.80. The van der Waals surface area contributed by atoms with Crippen molar-refractivity contribution in [3.8, 4) is 6.07 Å². The highest BCUT2D eigenvalue weighted by Gasteiger charge is 2.05. The highest BCUT2D eigenvalue weighted by Crippen LogP contribution is 1.99. The molecule has 0 radical (unpaired) electrons. The normalized spacial score (nSPS) is 13.7. The maximum atomic E-state index is 8.39. The van der Waals surface area contributed by atoms with E-state index in [1.165, 1.54) is 5.54 Å². The van der Waals surface area contributed by atoms with Gasteiger partial charge in [-0.1, -0.05) is 17.7 Å².